The van der Waals surface area contributed by atoms with Crippen molar-refractivity contribution in [3.8, 4) is 5.75 Å². The average Bonchev–Trinajstić information content (AvgIpc) is 2.42. The van der Waals surface area contributed by atoms with Crippen LogP contribution in [0.4, 0.5) is 5.69 Å². The number of pyridine rings is 1. The quantitative estimate of drug-likeness (QED) is 0.743. The topological polar surface area (TPSA) is 51.2 Å². The summed E-state index contributed by atoms with van der Waals surface area (Å²) < 4.78 is 6.64. The zero-order valence-electron chi connectivity index (χ0n) is 10.3. The van der Waals surface area contributed by atoms with Gasteiger partial charge >= 0.3 is 0 Å². The molecule has 1 amide bonds. The number of hydrogen-bond donors (Lipinski definition) is 1. The van der Waals surface area contributed by atoms with Crippen molar-refractivity contribution < 1.29 is 9.53 Å². The third-order valence-electron chi connectivity index (χ3n) is 2.46. The van der Waals surface area contributed by atoms with Gasteiger partial charge in [-0.25, -0.2) is 4.98 Å². The minimum absolute atomic E-state index is 0.287. The summed E-state index contributed by atoms with van der Waals surface area (Å²) >= 11 is 12.4. The van der Waals surface area contributed by atoms with E-state index in [0.717, 1.165) is 4.47 Å². The van der Waals surface area contributed by atoms with Crippen molar-refractivity contribution in [2.24, 2.45) is 0 Å². The van der Waals surface area contributed by atoms with Gasteiger partial charge in [0, 0.05) is 4.47 Å². The van der Waals surface area contributed by atoms with Gasteiger partial charge in [0.15, 0.2) is 0 Å². The first-order valence-corrected chi connectivity index (χ1v) is 7.43. The van der Waals surface area contributed by atoms with Gasteiger partial charge in [0.25, 0.3) is 5.91 Å². The van der Waals surface area contributed by atoms with Gasteiger partial charge in [-0.3, -0.25) is 4.79 Å². The highest BCUT2D eigenvalue weighted by atomic mass is 79.9. The molecule has 7 heteroatoms. The van der Waals surface area contributed by atoms with E-state index in [4.69, 9.17) is 16.3 Å². The number of nitrogens with zero attached hydrogens (tertiary/aromatic N) is 1. The Bertz CT molecular complexity index is 665. The van der Waals surface area contributed by atoms with Crippen LogP contribution in [0.1, 0.15) is 10.4 Å². The zero-order valence-corrected chi connectivity index (χ0v) is 14.2. The fourth-order valence-electron chi connectivity index (χ4n) is 1.54. The van der Waals surface area contributed by atoms with Crippen LogP contribution in [-0.2, 0) is 0 Å². The van der Waals surface area contributed by atoms with Crippen molar-refractivity contribution in [3.05, 3.63) is 50.1 Å². The molecule has 1 N–H and O–H groups in total. The molecule has 1 aromatic carbocycles. The molecule has 0 saturated carbocycles. The van der Waals surface area contributed by atoms with Crippen LogP contribution in [0.25, 0.3) is 0 Å². The highest BCUT2D eigenvalue weighted by Gasteiger charge is 2.13. The number of carbonyl (C=O) groups is 1. The van der Waals surface area contributed by atoms with Crippen LogP contribution >= 0.6 is 43.5 Å². The van der Waals surface area contributed by atoms with Crippen LogP contribution in [0, 0.1) is 0 Å². The van der Waals surface area contributed by atoms with Gasteiger partial charge in [-0.2, -0.15) is 0 Å². The number of halogens is 3. The molecule has 0 unspecified atom stereocenters. The monoisotopic (exact) mass is 418 g/mol. The lowest BCUT2D eigenvalue weighted by atomic mass is 10.2. The Morgan fingerprint density at radius 1 is 1.35 bits per heavy atom. The molecular weight excluding hydrogens is 411 g/mol. The Labute approximate surface area is 137 Å². The normalized spacial score (nSPS) is 10.2. The maximum atomic E-state index is 12.2. The molecule has 0 radical (unpaired) electrons. The van der Waals surface area contributed by atoms with E-state index < -0.39 is 0 Å². The first-order chi connectivity index (χ1) is 9.51. The molecule has 0 spiro atoms. The average molecular weight is 420 g/mol. The van der Waals surface area contributed by atoms with Gasteiger partial charge in [-0.05, 0) is 40.2 Å². The molecule has 0 aliphatic carbocycles. The lowest BCUT2D eigenvalue weighted by Crippen LogP contribution is -2.13. The summed E-state index contributed by atoms with van der Waals surface area (Å²) in [6.07, 6.45) is 1.48. The molecule has 0 fully saturated rings. The van der Waals surface area contributed by atoms with Crippen LogP contribution in [0.3, 0.4) is 0 Å². The zero-order chi connectivity index (χ0) is 14.7. The largest absolute Gasteiger partial charge is 0.496 e. The van der Waals surface area contributed by atoms with Crippen LogP contribution in [0.15, 0.2) is 39.4 Å². The van der Waals surface area contributed by atoms with E-state index in [1.165, 1.54) is 13.3 Å². The van der Waals surface area contributed by atoms with E-state index in [1.54, 1.807) is 24.3 Å². The van der Waals surface area contributed by atoms with Crippen molar-refractivity contribution in [3.63, 3.8) is 0 Å². The molecule has 104 valence electrons. The van der Waals surface area contributed by atoms with Crippen molar-refractivity contribution in [2.75, 3.05) is 12.4 Å². The van der Waals surface area contributed by atoms with Gasteiger partial charge in [0.1, 0.15) is 10.9 Å². The molecule has 0 aliphatic heterocycles. The van der Waals surface area contributed by atoms with E-state index in [9.17, 15) is 4.79 Å². The molecule has 20 heavy (non-hydrogen) atoms. The van der Waals surface area contributed by atoms with Crippen LogP contribution in [-0.4, -0.2) is 18.0 Å². The van der Waals surface area contributed by atoms with Crippen molar-refractivity contribution in [1.29, 1.82) is 0 Å². The van der Waals surface area contributed by atoms with Gasteiger partial charge in [-0.1, -0.05) is 27.5 Å². The minimum atomic E-state index is -0.287. The third-order valence-corrected chi connectivity index (χ3v) is 4.09. The number of aromatic nitrogens is 1. The molecule has 0 aliphatic rings. The molecule has 2 aromatic rings. The van der Waals surface area contributed by atoms with E-state index in [0.29, 0.717) is 26.6 Å². The molecule has 4 nitrogen and oxygen atoms in total. The van der Waals surface area contributed by atoms with E-state index >= 15 is 0 Å². The number of amides is 1. The number of anilines is 1. The summed E-state index contributed by atoms with van der Waals surface area (Å²) in [5.41, 5.74) is 0.970. The molecule has 0 bridgehead atoms. The lowest BCUT2D eigenvalue weighted by Gasteiger charge is -2.10. The van der Waals surface area contributed by atoms with E-state index in [-0.39, 0.29) is 5.91 Å². The molecule has 0 saturated heterocycles. The van der Waals surface area contributed by atoms with Crippen molar-refractivity contribution in [1.82, 2.24) is 4.98 Å². The summed E-state index contributed by atoms with van der Waals surface area (Å²) in [6, 6.07) is 6.85. The Morgan fingerprint density at radius 2 is 2.10 bits per heavy atom. The Hall–Kier alpha value is -1.11. The smallest absolute Gasteiger partial charge is 0.259 e. The van der Waals surface area contributed by atoms with Gasteiger partial charge in [-0.15, -0.1) is 0 Å². The summed E-state index contributed by atoms with van der Waals surface area (Å²) in [6.45, 7) is 0. The SMILES string of the molecule is COc1cc(Br)ccc1C(=O)Nc1cnc(Cl)c(Br)c1. The first-order valence-electron chi connectivity index (χ1n) is 5.47. The Morgan fingerprint density at radius 3 is 2.75 bits per heavy atom. The number of nitrogens with one attached hydrogen (secondary N) is 1. The van der Waals surface area contributed by atoms with E-state index in [2.05, 4.69) is 42.2 Å². The molecule has 0 atom stereocenters. The molecular formula is C13H9Br2ClN2O2. The van der Waals surface area contributed by atoms with E-state index in [1.807, 2.05) is 0 Å². The number of methoxy groups -OCH3 is 1. The van der Waals surface area contributed by atoms with Gasteiger partial charge in [0.05, 0.1) is 29.0 Å². The number of benzene rings is 1. The second-order valence-corrected chi connectivity index (χ2v) is 5.92. The summed E-state index contributed by atoms with van der Waals surface area (Å²) in [7, 11) is 1.51. The van der Waals surface area contributed by atoms with Crippen LogP contribution < -0.4 is 10.1 Å². The second kappa shape index (κ2) is 6.56. The lowest BCUT2D eigenvalue weighted by molar-refractivity contribution is 0.102. The fourth-order valence-corrected chi connectivity index (χ4v) is 2.33. The molecule has 1 aromatic heterocycles. The maximum Gasteiger partial charge on any atom is 0.259 e. The van der Waals surface area contributed by atoms with Crippen LogP contribution in [0.2, 0.25) is 5.15 Å². The summed E-state index contributed by atoms with van der Waals surface area (Å²) in [4.78, 5) is 16.2. The second-order valence-electron chi connectivity index (χ2n) is 3.80. The third kappa shape index (κ3) is 3.50. The minimum Gasteiger partial charge on any atom is -0.496 e. The van der Waals surface area contributed by atoms with Crippen LogP contribution in [0.5, 0.6) is 5.75 Å². The first kappa shape index (κ1) is 15.3. The number of carbonyl (C=O) groups excluding carboxylic acids is 1. The van der Waals surface area contributed by atoms with Crippen molar-refractivity contribution in [2.45, 2.75) is 0 Å². The highest BCUT2D eigenvalue weighted by Crippen LogP contribution is 2.26. The highest BCUT2D eigenvalue weighted by molar-refractivity contribution is 9.10. The summed E-state index contributed by atoms with van der Waals surface area (Å²) in [5, 5.41) is 3.07. The molecule has 2 rings (SSSR count). The predicted molar refractivity (Wildman–Crippen MR) is 85.6 cm³/mol. The summed E-state index contributed by atoms with van der Waals surface area (Å²) in [5.74, 6) is 0.197. The van der Waals surface area contributed by atoms with Gasteiger partial charge < -0.3 is 10.1 Å². The Balaban J connectivity index is 2.25. The predicted octanol–water partition coefficient (Wildman–Crippen LogP) is 4.52. The number of ether oxygens (including phenoxy) is 1. The molecule has 1 heterocycles. The maximum absolute atomic E-state index is 12.2. The Kier molecular flexibility index (Phi) is 5.01. The number of hydrogen-bond acceptors (Lipinski definition) is 3. The van der Waals surface area contributed by atoms with Crippen molar-refractivity contribution >= 4 is 55.1 Å². The van der Waals surface area contributed by atoms with Gasteiger partial charge in [0.2, 0.25) is 0 Å². The number of rotatable bonds is 3. The standard InChI is InChI=1S/C13H9Br2ClN2O2/c1-20-11-4-7(14)2-3-9(11)13(19)18-8-5-10(15)12(16)17-6-8/h2-6H,1H3,(H,18,19). The fraction of sp³-hybridized carbons (Fsp3) is 0.0769.